The summed E-state index contributed by atoms with van der Waals surface area (Å²) in [6.45, 7) is 7.75. The van der Waals surface area contributed by atoms with Crippen molar-refractivity contribution < 1.29 is 4.74 Å². The highest BCUT2D eigenvalue weighted by Crippen LogP contribution is 2.33. The maximum absolute atomic E-state index is 13.5. The van der Waals surface area contributed by atoms with Crippen LogP contribution in [0.25, 0.3) is 22.3 Å². The fourth-order valence-corrected chi connectivity index (χ4v) is 4.78. The van der Waals surface area contributed by atoms with E-state index in [-0.39, 0.29) is 11.6 Å². The Kier molecular flexibility index (Phi) is 4.94. The first-order chi connectivity index (χ1) is 13.8. The SMILES string of the molecule is COCC1CCCN1c1nc2nn(C)c(-c3c(C)cc(C)cc3C)c2c(=O)n1C. The van der Waals surface area contributed by atoms with Crippen molar-refractivity contribution in [3.05, 3.63) is 39.2 Å². The average Bonchev–Trinajstić information content (AvgIpc) is 3.22. The Morgan fingerprint density at radius 1 is 1.17 bits per heavy atom. The Balaban J connectivity index is 1.95. The maximum Gasteiger partial charge on any atom is 0.266 e. The predicted octanol–water partition coefficient (Wildman–Crippen LogP) is 2.87. The summed E-state index contributed by atoms with van der Waals surface area (Å²) < 4.78 is 8.84. The standard InChI is InChI=1S/C22H29N5O2/c1-13-10-14(2)17(15(3)11-13)19-18-20(24-26(19)5)23-22(25(4)21(18)28)27-9-7-8-16(27)12-29-6/h10-11,16H,7-9,12H2,1-6H3. The quantitative estimate of drug-likeness (QED) is 0.680. The Hall–Kier alpha value is -2.67. The highest BCUT2D eigenvalue weighted by Gasteiger charge is 2.29. The van der Waals surface area contributed by atoms with E-state index in [1.165, 1.54) is 5.56 Å². The van der Waals surface area contributed by atoms with Crippen LogP contribution in [0, 0.1) is 20.8 Å². The van der Waals surface area contributed by atoms with Gasteiger partial charge in [-0.2, -0.15) is 10.1 Å². The lowest BCUT2D eigenvalue weighted by atomic mass is 9.96. The zero-order valence-electron chi connectivity index (χ0n) is 18.1. The summed E-state index contributed by atoms with van der Waals surface area (Å²) in [4.78, 5) is 20.5. The topological polar surface area (TPSA) is 65.2 Å². The zero-order chi connectivity index (χ0) is 20.9. The molecule has 1 unspecified atom stereocenters. The highest BCUT2D eigenvalue weighted by atomic mass is 16.5. The van der Waals surface area contributed by atoms with Crippen molar-refractivity contribution in [2.75, 3.05) is 25.2 Å². The van der Waals surface area contributed by atoms with Gasteiger partial charge in [0.25, 0.3) is 5.56 Å². The van der Waals surface area contributed by atoms with E-state index in [9.17, 15) is 4.79 Å². The van der Waals surface area contributed by atoms with Gasteiger partial charge in [-0.1, -0.05) is 17.7 Å². The largest absolute Gasteiger partial charge is 0.383 e. The third kappa shape index (κ3) is 3.13. The van der Waals surface area contributed by atoms with Crippen LogP contribution in [-0.2, 0) is 18.8 Å². The molecular weight excluding hydrogens is 366 g/mol. The summed E-state index contributed by atoms with van der Waals surface area (Å²) in [7, 11) is 5.40. The Morgan fingerprint density at radius 3 is 2.52 bits per heavy atom. The first-order valence-electron chi connectivity index (χ1n) is 10.1. The molecule has 4 rings (SSSR count). The molecule has 0 aliphatic carbocycles. The van der Waals surface area contributed by atoms with Gasteiger partial charge >= 0.3 is 0 Å². The summed E-state index contributed by atoms with van der Waals surface area (Å²) in [6, 6.07) is 4.53. The molecule has 1 atom stereocenters. The fourth-order valence-electron chi connectivity index (χ4n) is 4.78. The molecule has 0 radical (unpaired) electrons. The van der Waals surface area contributed by atoms with Gasteiger partial charge in [0.1, 0.15) is 5.39 Å². The molecule has 0 spiro atoms. The second-order valence-electron chi connectivity index (χ2n) is 8.17. The number of ether oxygens (including phenoxy) is 1. The van der Waals surface area contributed by atoms with E-state index in [1.807, 2.05) is 7.05 Å². The third-order valence-corrected chi connectivity index (χ3v) is 5.96. The van der Waals surface area contributed by atoms with Crippen molar-refractivity contribution in [1.82, 2.24) is 19.3 Å². The molecule has 1 fully saturated rings. The zero-order valence-corrected chi connectivity index (χ0v) is 18.1. The minimum atomic E-state index is -0.0597. The summed E-state index contributed by atoms with van der Waals surface area (Å²) in [5, 5.41) is 5.21. The molecule has 0 saturated carbocycles. The number of fused-ring (bicyclic) bond motifs is 1. The molecule has 3 heterocycles. The second kappa shape index (κ2) is 7.30. The Morgan fingerprint density at radius 2 is 1.86 bits per heavy atom. The molecule has 2 aromatic heterocycles. The van der Waals surface area contributed by atoms with Gasteiger partial charge in [0.2, 0.25) is 5.95 Å². The summed E-state index contributed by atoms with van der Waals surface area (Å²) in [6.07, 6.45) is 2.11. The first kappa shape index (κ1) is 19.6. The maximum atomic E-state index is 13.5. The molecule has 29 heavy (non-hydrogen) atoms. The number of anilines is 1. The number of methoxy groups -OCH3 is 1. The molecular formula is C22H29N5O2. The van der Waals surface area contributed by atoms with Crippen LogP contribution in [0.2, 0.25) is 0 Å². The fraction of sp³-hybridized carbons (Fsp3) is 0.500. The van der Waals surface area contributed by atoms with Crippen molar-refractivity contribution in [2.45, 2.75) is 39.7 Å². The van der Waals surface area contributed by atoms with Crippen LogP contribution < -0.4 is 10.5 Å². The number of benzene rings is 1. The number of aryl methyl sites for hydroxylation is 4. The molecule has 0 bridgehead atoms. The number of nitrogens with zero attached hydrogens (tertiary/aromatic N) is 5. The van der Waals surface area contributed by atoms with Crippen molar-refractivity contribution in [1.29, 1.82) is 0 Å². The van der Waals surface area contributed by atoms with Crippen LogP contribution in [0.5, 0.6) is 0 Å². The van der Waals surface area contributed by atoms with Gasteiger partial charge < -0.3 is 9.64 Å². The Labute approximate surface area is 170 Å². The van der Waals surface area contributed by atoms with Gasteiger partial charge in [0.15, 0.2) is 5.65 Å². The van der Waals surface area contributed by atoms with Crippen molar-refractivity contribution in [3.8, 4) is 11.3 Å². The van der Waals surface area contributed by atoms with Gasteiger partial charge in [-0.3, -0.25) is 14.0 Å². The summed E-state index contributed by atoms with van der Waals surface area (Å²) in [5.74, 6) is 0.670. The minimum Gasteiger partial charge on any atom is -0.383 e. The minimum absolute atomic E-state index is 0.0597. The van der Waals surface area contributed by atoms with E-state index in [0.29, 0.717) is 23.6 Å². The van der Waals surface area contributed by atoms with E-state index < -0.39 is 0 Å². The van der Waals surface area contributed by atoms with Crippen molar-refractivity contribution in [2.24, 2.45) is 14.1 Å². The van der Waals surface area contributed by atoms with E-state index >= 15 is 0 Å². The molecule has 0 amide bonds. The van der Waals surface area contributed by atoms with Gasteiger partial charge in [-0.25, -0.2) is 0 Å². The first-order valence-corrected chi connectivity index (χ1v) is 10.1. The van der Waals surface area contributed by atoms with Crippen molar-refractivity contribution >= 4 is 17.0 Å². The molecule has 7 heteroatoms. The van der Waals surface area contributed by atoms with Gasteiger partial charge in [0, 0.05) is 33.3 Å². The number of rotatable bonds is 4. The van der Waals surface area contributed by atoms with E-state index in [4.69, 9.17) is 9.72 Å². The number of aromatic nitrogens is 4. The van der Waals surface area contributed by atoms with Crippen LogP contribution in [0.15, 0.2) is 16.9 Å². The van der Waals surface area contributed by atoms with Crippen LogP contribution in [0.4, 0.5) is 5.95 Å². The molecule has 154 valence electrons. The molecule has 0 N–H and O–H groups in total. The molecule has 1 saturated heterocycles. The van der Waals surface area contributed by atoms with Crippen LogP contribution in [-0.4, -0.2) is 45.6 Å². The Bertz CT molecular complexity index is 1120. The van der Waals surface area contributed by atoms with Crippen LogP contribution >= 0.6 is 0 Å². The molecule has 3 aromatic rings. The highest BCUT2D eigenvalue weighted by molar-refractivity contribution is 5.93. The third-order valence-electron chi connectivity index (χ3n) is 5.96. The molecule has 1 aromatic carbocycles. The van der Waals surface area contributed by atoms with E-state index in [2.05, 4.69) is 42.9 Å². The number of hydrogen-bond donors (Lipinski definition) is 0. The molecule has 7 nitrogen and oxygen atoms in total. The smallest absolute Gasteiger partial charge is 0.266 e. The van der Waals surface area contributed by atoms with Crippen molar-refractivity contribution in [3.63, 3.8) is 0 Å². The van der Waals surface area contributed by atoms with E-state index in [1.54, 1.807) is 23.4 Å². The lowest BCUT2D eigenvalue weighted by Crippen LogP contribution is -2.37. The summed E-state index contributed by atoms with van der Waals surface area (Å²) >= 11 is 0. The number of hydrogen-bond acceptors (Lipinski definition) is 5. The second-order valence-corrected chi connectivity index (χ2v) is 8.17. The van der Waals surface area contributed by atoms with Crippen LogP contribution in [0.3, 0.4) is 0 Å². The average molecular weight is 396 g/mol. The van der Waals surface area contributed by atoms with E-state index in [0.717, 1.165) is 41.8 Å². The van der Waals surface area contributed by atoms with Gasteiger partial charge in [-0.15, -0.1) is 0 Å². The predicted molar refractivity (Wildman–Crippen MR) is 116 cm³/mol. The monoisotopic (exact) mass is 395 g/mol. The van der Waals surface area contributed by atoms with Gasteiger partial charge in [-0.05, 0) is 44.7 Å². The molecule has 1 aliphatic heterocycles. The molecule has 1 aliphatic rings. The van der Waals surface area contributed by atoms with Gasteiger partial charge in [0.05, 0.1) is 18.3 Å². The lowest BCUT2D eigenvalue weighted by molar-refractivity contribution is 0.180. The normalized spacial score (nSPS) is 16.9. The summed E-state index contributed by atoms with van der Waals surface area (Å²) in [5.41, 5.74) is 5.83. The lowest BCUT2D eigenvalue weighted by Gasteiger charge is -2.26. The van der Waals surface area contributed by atoms with Crippen LogP contribution in [0.1, 0.15) is 29.5 Å².